The van der Waals surface area contributed by atoms with Crippen molar-refractivity contribution in [3.8, 4) is 0 Å². The van der Waals surface area contributed by atoms with Crippen LogP contribution in [0.1, 0.15) is 43.5 Å². The first kappa shape index (κ1) is 9.52. The summed E-state index contributed by atoms with van der Waals surface area (Å²) in [6.45, 7) is 6.18. The second-order valence-corrected chi connectivity index (χ2v) is 3.94. The molecule has 1 atom stereocenters. The van der Waals surface area contributed by atoms with E-state index >= 15 is 0 Å². The molecule has 0 saturated heterocycles. The van der Waals surface area contributed by atoms with E-state index in [9.17, 15) is 0 Å². The van der Waals surface area contributed by atoms with Crippen LogP contribution in [0, 0.1) is 0 Å². The SMILES string of the molecule is CC(C)c1nccc([C@@H](C)S)n1. The number of nitrogens with zero attached hydrogens (tertiary/aromatic N) is 2. The summed E-state index contributed by atoms with van der Waals surface area (Å²) in [6.07, 6.45) is 1.80. The summed E-state index contributed by atoms with van der Waals surface area (Å²) in [5.74, 6) is 1.28. The molecule has 0 saturated carbocycles. The normalized spacial score (nSPS) is 13.4. The molecule has 0 spiro atoms. The van der Waals surface area contributed by atoms with Crippen LogP contribution in [-0.2, 0) is 0 Å². The molecular weight excluding hydrogens is 168 g/mol. The van der Waals surface area contributed by atoms with Gasteiger partial charge in [-0.25, -0.2) is 9.97 Å². The van der Waals surface area contributed by atoms with E-state index in [1.807, 2.05) is 13.0 Å². The minimum atomic E-state index is 0.186. The van der Waals surface area contributed by atoms with Gasteiger partial charge in [-0.15, -0.1) is 0 Å². The van der Waals surface area contributed by atoms with Crippen molar-refractivity contribution < 1.29 is 0 Å². The average molecular weight is 182 g/mol. The van der Waals surface area contributed by atoms with Crippen LogP contribution in [0.2, 0.25) is 0 Å². The summed E-state index contributed by atoms with van der Waals surface area (Å²) >= 11 is 4.31. The average Bonchev–Trinajstić information content (AvgIpc) is 2.04. The van der Waals surface area contributed by atoms with Crippen LogP contribution in [0.4, 0.5) is 0 Å². The zero-order valence-corrected chi connectivity index (χ0v) is 8.55. The van der Waals surface area contributed by atoms with E-state index in [1.165, 1.54) is 0 Å². The molecule has 1 heterocycles. The number of hydrogen-bond acceptors (Lipinski definition) is 3. The minimum Gasteiger partial charge on any atom is -0.241 e. The maximum Gasteiger partial charge on any atom is 0.131 e. The fourth-order valence-electron chi connectivity index (χ4n) is 0.899. The molecule has 12 heavy (non-hydrogen) atoms. The molecule has 0 aliphatic carbocycles. The lowest BCUT2D eigenvalue weighted by Gasteiger charge is -2.07. The molecule has 0 amide bonds. The van der Waals surface area contributed by atoms with Crippen LogP contribution in [0.15, 0.2) is 12.3 Å². The number of rotatable bonds is 2. The molecule has 0 aliphatic rings. The van der Waals surface area contributed by atoms with Crippen LogP contribution in [0.25, 0.3) is 0 Å². The largest absolute Gasteiger partial charge is 0.241 e. The zero-order valence-electron chi connectivity index (χ0n) is 7.65. The van der Waals surface area contributed by atoms with Crippen LogP contribution in [0.3, 0.4) is 0 Å². The van der Waals surface area contributed by atoms with Crippen molar-refractivity contribution in [2.45, 2.75) is 31.9 Å². The number of aromatic nitrogens is 2. The molecule has 0 fully saturated rings. The van der Waals surface area contributed by atoms with Crippen molar-refractivity contribution in [1.29, 1.82) is 0 Å². The molecule has 0 aliphatic heterocycles. The van der Waals surface area contributed by atoms with Gasteiger partial charge in [0.15, 0.2) is 0 Å². The Balaban J connectivity index is 2.96. The lowest BCUT2D eigenvalue weighted by Crippen LogP contribution is -2.00. The quantitative estimate of drug-likeness (QED) is 0.711. The van der Waals surface area contributed by atoms with E-state index in [2.05, 4.69) is 36.4 Å². The molecule has 0 N–H and O–H groups in total. The van der Waals surface area contributed by atoms with E-state index < -0.39 is 0 Å². The van der Waals surface area contributed by atoms with Gasteiger partial charge in [0.2, 0.25) is 0 Å². The van der Waals surface area contributed by atoms with Gasteiger partial charge in [-0.2, -0.15) is 12.6 Å². The third kappa shape index (κ3) is 2.21. The van der Waals surface area contributed by atoms with Crippen molar-refractivity contribution in [1.82, 2.24) is 9.97 Å². The van der Waals surface area contributed by atoms with E-state index in [-0.39, 0.29) is 5.25 Å². The highest BCUT2D eigenvalue weighted by Crippen LogP contribution is 2.17. The molecule has 0 bridgehead atoms. The zero-order chi connectivity index (χ0) is 9.14. The van der Waals surface area contributed by atoms with Crippen molar-refractivity contribution in [2.75, 3.05) is 0 Å². The molecule has 1 rings (SSSR count). The summed E-state index contributed by atoms with van der Waals surface area (Å²) in [5, 5.41) is 0.186. The Morgan fingerprint density at radius 3 is 2.50 bits per heavy atom. The van der Waals surface area contributed by atoms with Crippen molar-refractivity contribution >= 4 is 12.6 Å². The topological polar surface area (TPSA) is 25.8 Å². The molecular formula is C9H14N2S. The Morgan fingerprint density at radius 1 is 1.33 bits per heavy atom. The van der Waals surface area contributed by atoms with Gasteiger partial charge in [0, 0.05) is 17.4 Å². The van der Waals surface area contributed by atoms with Crippen LogP contribution in [0.5, 0.6) is 0 Å². The summed E-state index contributed by atoms with van der Waals surface area (Å²) in [5.41, 5.74) is 0.997. The van der Waals surface area contributed by atoms with Gasteiger partial charge in [-0.3, -0.25) is 0 Å². The molecule has 2 nitrogen and oxygen atoms in total. The number of hydrogen-bond donors (Lipinski definition) is 1. The summed E-state index contributed by atoms with van der Waals surface area (Å²) in [6, 6.07) is 1.91. The molecule has 1 aromatic rings. The summed E-state index contributed by atoms with van der Waals surface area (Å²) in [4.78, 5) is 8.56. The first-order valence-corrected chi connectivity index (χ1v) is 4.64. The molecule has 0 aromatic carbocycles. The Bertz CT molecular complexity index is 235. The minimum absolute atomic E-state index is 0.186. The second kappa shape index (κ2) is 3.90. The number of thiol groups is 1. The fourth-order valence-corrected chi connectivity index (χ4v) is 1.04. The van der Waals surface area contributed by atoms with Gasteiger partial charge in [0.25, 0.3) is 0 Å². The predicted octanol–water partition coefficient (Wildman–Crippen LogP) is 2.59. The smallest absolute Gasteiger partial charge is 0.131 e. The Kier molecular flexibility index (Phi) is 3.09. The monoisotopic (exact) mass is 182 g/mol. The van der Waals surface area contributed by atoms with E-state index in [1.54, 1.807) is 6.20 Å². The standard InChI is InChI=1S/C9H14N2S/c1-6(2)9-10-5-4-8(11-9)7(3)12/h4-7,12H,1-3H3/t7-/m1/s1. The van der Waals surface area contributed by atoms with Crippen LogP contribution >= 0.6 is 12.6 Å². The van der Waals surface area contributed by atoms with E-state index in [0.29, 0.717) is 5.92 Å². The van der Waals surface area contributed by atoms with Gasteiger partial charge in [-0.1, -0.05) is 13.8 Å². The van der Waals surface area contributed by atoms with E-state index in [0.717, 1.165) is 11.5 Å². The predicted molar refractivity (Wildman–Crippen MR) is 53.5 cm³/mol. The highest BCUT2D eigenvalue weighted by Gasteiger charge is 2.05. The highest BCUT2D eigenvalue weighted by atomic mass is 32.1. The first-order chi connectivity index (χ1) is 5.61. The van der Waals surface area contributed by atoms with Gasteiger partial charge < -0.3 is 0 Å². The maximum atomic E-state index is 4.38. The lowest BCUT2D eigenvalue weighted by molar-refractivity contribution is 0.757. The Labute approximate surface area is 78.9 Å². The third-order valence-corrected chi connectivity index (χ3v) is 1.90. The van der Waals surface area contributed by atoms with Crippen molar-refractivity contribution in [2.24, 2.45) is 0 Å². The van der Waals surface area contributed by atoms with Crippen molar-refractivity contribution in [3.63, 3.8) is 0 Å². The molecule has 0 unspecified atom stereocenters. The first-order valence-electron chi connectivity index (χ1n) is 4.12. The second-order valence-electron chi connectivity index (χ2n) is 3.17. The van der Waals surface area contributed by atoms with Crippen molar-refractivity contribution in [3.05, 3.63) is 23.8 Å². The molecule has 1 aromatic heterocycles. The highest BCUT2D eigenvalue weighted by molar-refractivity contribution is 7.80. The summed E-state index contributed by atoms with van der Waals surface area (Å²) in [7, 11) is 0. The maximum absolute atomic E-state index is 4.38. The Morgan fingerprint density at radius 2 is 2.00 bits per heavy atom. The van der Waals surface area contributed by atoms with Gasteiger partial charge in [0.1, 0.15) is 5.82 Å². The van der Waals surface area contributed by atoms with E-state index in [4.69, 9.17) is 0 Å². The third-order valence-electron chi connectivity index (χ3n) is 1.64. The molecule has 66 valence electrons. The van der Waals surface area contributed by atoms with Gasteiger partial charge in [0.05, 0.1) is 5.69 Å². The summed E-state index contributed by atoms with van der Waals surface area (Å²) < 4.78 is 0. The lowest BCUT2D eigenvalue weighted by atomic mass is 10.2. The Hall–Kier alpha value is -0.570. The van der Waals surface area contributed by atoms with Crippen LogP contribution in [-0.4, -0.2) is 9.97 Å². The molecule has 3 heteroatoms. The van der Waals surface area contributed by atoms with Crippen LogP contribution < -0.4 is 0 Å². The molecule has 0 radical (unpaired) electrons. The fraction of sp³-hybridized carbons (Fsp3) is 0.556. The van der Waals surface area contributed by atoms with Gasteiger partial charge >= 0.3 is 0 Å². The van der Waals surface area contributed by atoms with Gasteiger partial charge in [-0.05, 0) is 13.0 Å².